The largest absolute Gasteiger partial charge is 0.462 e. The molecular weight excluding hydrogens is 608 g/mol. The van der Waals surface area contributed by atoms with E-state index < -0.39 is 23.9 Å². The minimum Gasteiger partial charge on any atom is -0.462 e. The lowest BCUT2D eigenvalue weighted by Gasteiger charge is -2.19. The van der Waals surface area contributed by atoms with Crippen molar-refractivity contribution in [3.8, 4) is 0 Å². The SMILES string of the molecule is CCCCCOC(=O)c1cc(C(=O)OCCCCC)c2ccc3c(C(=O)OCCCCC)cc(C(=O)OCCCCC)c4ccc1c2c43. The summed E-state index contributed by atoms with van der Waals surface area (Å²) in [4.78, 5) is 54.4. The summed E-state index contributed by atoms with van der Waals surface area (Å²) in [5.74, 6) is -2.18. The highest BCUT2D eigenvalue weighted by Gasteiger charge is 2.27. The molecule has 0 unspecified atom stereocenters. The Balaban J connectivity index is 1.94. The van der Waals surface area contributed by atoms with Gasteiger partial charge >= 0.3 is 23.9 Å². The zero-order valence-corrected chi connectivity index (χ0v) is 29.0. The first kappa shape index (κ1) is 36.6. The van der Waals surface area contributed by atoms with Crippen LogP contribution in [-0.4, -0.2) is 50.3 Å². The van der Waals surface area contributed by atoms with Gasteiger partial charge in [-0.05, 0) is 70.1 Å². The Hall–Kier alpha value is -4.20. The van der Waals surface area contributed by atoms with E-state index >= 15 is 0 Å². The summed E-state index contributed by atoms with van der Waals surface area (Å²) in [6, 6.07) is 10.2. The van der Waals surface area contributed by atoms with Crippen LogP contribution in [0, 0.1) is 0 Å². The quantitative estimate of drug-likeness (QED) is 0.0400. The molecule has 0 heterocycles. The molecule has 0 spiro atoms. The van der Waals surface area contributed by atoms with Crippen LogP contribution in [0.3, 0.4) is 0 Å². The van der Waals surface area contributed by atoms with Gasteiger partial charge in [0, 0.05) is 0 Å². The van der Waals surface area contributed by atoms with Gasteiger partial charge in [0.05, 0.1) is 48.7 Å². The normalized spacial score (nSPS) is 11.3. The Kier molecular flexibility index (Phi) is 14.0. The fourth-order valence-corrected chi connectivity index (χ4v) is 6.05. The van der Waals surface area contributed by atoms with Crippen molar-refractivity contribution in [2.45, 2.75) is 105 Å². The summed E-state index contributed by atoms with van der Waals surface area (Å²) in [6.07, 6.45) is 10.6. The molecular formula is C40H50O8. The van der Waals surface area contributed by atoms with Crippen molar-refractivity contribution < 1.29 is 38.1 Å². The van der Waals surface area contributed by atoms with Crippen molar-refractivity contribution in [2.24, 2.45) is 0 Å². The minimum atomic E-state index is -0.546. The average molecular weight is 659 g/mol. The molecule has 0 amide bonds. The van der Waals surface area contributed by atoms with E-state index in [0.717, 1.165) is 77.0 Å². The van der Waals surface area contributed by atoms with Crippen LogP contribution >= 0.6 is 0 Å². The lowest BCUT2D eigenvalue weighted by atomic mass is 9.86. The first-order valence-corrected chi connectivity index (χ1v) is 17.8. The van der Waals surface area contributed by atoms with Crippen LogP contribution in [0.1, 0.15) is 146 Å². The van der Waals surface area contributed by atoms with Crippen molar-refractivity contribution in [1.82, 2.24) is 0 Å². The monoisotopic (exact) mass is 658 g/mol. The lowest BCUT2D eigenvalue weighted by Crippen LogP contribution is -2.14. The number of benzene rings is 4. The summed E-state index contributed by atoms with van der Waals surface area (Å²) in [5, 5.41) is 3.38. The van der Waals surface area contributed by atoms with E-state index in [2.05, 4.69) is 27.7 Å². The fraction of sp³-hybridized carbons (Fsp3) is 0.500. The molecule has 0 radical (unpaired) electrons. The summed E-state index contributed by atoms with van der Waals surface area (Å²) >= 11 is 0. The number of esters is 4. The van der Waals surface area contributed by atoms with Crippen molar-refractivity contribution in [3.05, 3.63) is 58.7 Å². The first-order chi connectivity index (χ1) is 23.4. The zero-order valence-electron chi connectivity index (χ0n) is 29.0. The molecule has 0 aliphatic carbocycles. The Morgan fingerprint density at radius 3 is 0.833 bits per heavy atom. The molecule has 0 N–H and O–H groups in total. The Bertz CT molecular complexity index is 1460. The summed E-state index contributed by atoms with van der Waals surface area (Å²) in [6.45, 7) is 9.33. The third kappa shape index (κ3) is 8.63. The molecule has 0 saturated heterocycles. The molecule has 4 rings (SSSR count). The van der Waals surface area contributed by atoms with Gasteiger partial charge in [-0.1, -0.05) is 103 Å². The minimum absolute atomic E-state index is 0.227. The van der Waals surface area contributed by atoms with Gasteiger partial charge < -0.3 is 18.9 Å². The van der Waals surface area contributed by atoms with Crippen LogP contribution < -0.4 is 0 Å². The van der Waals surface area contributed by atoms with Crippen LogP contribution in [0.25, 0.3) is 32.3 Å². The maximum Gasteiger partial charge on any atom is 0.338 e. The van der Waals surface area contributed by atoms with Crippen molar-refractivity contribution in [1.29, 1.82) is 0 Å². The second kappa shape index (κ2) is 18.4. The molecule has 4 aromatic rings. The molecule has 258 valence electrons. The van der Waals surface area contributed by atoms with Crippen LogP contribution in [0.4, 0.5) is 0 Å². The summed E-state index contributed by atoms with van der Waals surface area (Å²) in [5.41, 5.74) is 0.908. The van der Waals surface area contributed by atoms with E-state index in [1.54, 1.807) is 36.4 Å². The van der Waals surface area contributed by atoms with Crippen LogP contribution in [0.2, 0.25) is 0 Å². The molecule has 0 saturated carbocycles. The molecule has 48 heavy (non-hydrogen) atoms. The van der Waals surface area contributed by atoms with Crippen molar-refractivity contribution in [2.75, 3.05) is 26.4 Å². The van der Waals surface area contributed by atoms with Gasteiger partial charge in [0.25, 0.3) is 0 Å². The van der Waals surface area contributed by atoms with Gasteiger partial charge in [-0.3, -0.25) is 0 Å². The predicted octanol–water partition coefficient (Wildman–Crippen LogP) is 9.97. The number of hydrogen-bond donors (Lipinski definition) is 0. The van der Waals surface area contributed by atoms with Crippen LogP contribution in [0.5, 0.6) is 0 Å². The maximum atomic E-state index is 13.6. The lowest BCUT2D eigenvalue weighted by molar-refractivity contribution is 0.0481. The molecule has 0 aliphatic heterocycles. The van der Waals surface area contributed by atoms with Gasteiger partial charge in [0.15, 0.2) is 0 Å². The Morgan fingerprint density at radius 1 is 0.396 bits per heavy atom. The molecule has 0 fully saturated rings. The van der Waals surface area contributed by atoms with E-state index in [-0.39, 0.29) is 48.7 Å². The molecule has 0 bridgehead atoms. The van der Waals surface area contributed by atoms with Gasteiger partial charge in [0.2, 0.25) is 0 Å². The van der Waals surface area contributed by atoms with Gasteiger partial charge in [-0.25, -0.2) is 19.2 Å². The molecule has 0 atom stereocenters. The van der Waals surface area contributed by atoms with Gasteiger partial charge in [-0.15, -0.1) is 0 Å². The highest BCUT2D eigenvalue weighted by molar-refractivity contribution is 6.32. The highest BCUT2D eigenvalue weighted by atomic mass is 16.5. The fourth-order valence-electron chi connectivity index (χ4n) is 6.05. The summed E-state index contributed by atoms with van der Waals surface area (Å²) in [7, 11) is 0. The second-order valence-corrected chi connectivity index (χ2v) is 12.4. The van der Waals surface area contributed by atoms with E-state index in [1.165, 1.54) is 0 Å². The third-order valence-corrected chi connectivity index (χ3v) is 8.70. The van der Waals surface area contributed by atoms with E-state index in [4.69, 9.17) is 18.9 Å². The van der Waals surface area contributed by atoms with E-state index in [1.807, 2.05) is 0 Å². The molecule has 0 aromatic heterocycles. The van der Waals surface area contributed by atoms with Crippen LogP contribution in [0.15, 0.2) is 36.4 Å². The number of unbranched alkanes of at least 4 members (excludes halogenated alkanes) is 8. The second-order valence-electron chi connectivity index (χ2n) is 12.4. The third-order valence-electron chi connectivity index (χ3n) is 8.70. The molecule has 8 nitrogen and oxygen atoms in total. The number of ether oxygens (including phenoxy) is 4. The number of carbonyl (C=O) groups excluding carboxylic acids is 4. The maximum absolute atomic E-state index is 13.6. The van der Waals surface area contributed by atoms with Crippen molar-refractivity contribution in [3.63, 3.8) is 0 Å². The molecule has 4 aromatic carbocycles. The molecule has 8 heteroatoms. The van der Waals surface area contributed by atoms with Crippen molar-refractivity contribution >= 4 is 56.2 Å². The number of rotatable bonds is 20. The standard InChI is InChI=1S/C40H50O8/c1-5-9-13-21-45-37(41)31-25-32(38(42)46-22-14-10-6-2)28-19-20-30-34(40(44)48-24-16-12-8-4)26-33(39(43)47-23-15-11-7-3)29-18-17-27(31)35(28)36(29)30/h17-20,25-26H,5-16,21-24H2,1-4H3. The molecule has 0 aliphatic rings. The first-order valence-electron chi connectivity index (χ1n) is 17.8. The highest BCUT2D eigenvalue weighted by Crippen LogP contribution is 2.41. The Morgan fingerprint density at radius 2 is 0.625 bits per heavy atom. The number of carbonyl (C=O) groups is 4. The van der Waals surface area contributed by atoms with E-state index in [9.17, 15) is 19.2 Å². The topological polar surface area (TPSA) is 105 Å². The number of hydrogen-bond acceptors (Lipinski definition) is 8. The predicted molar refractivity (Wildman–Crippen MR) is 189 cm³/mol. The van der Waals surface area contributed by atoms with Crippen LogP contribution in [-0.2, 0) is 18.9 Å². The van der Waals surface area contributed by atoms with E-state index in [0.29, 0.717) is 32.3 Å². The zero-order chi connectivity index (χ0) is 34.5. The smallest absolute Gasteiger partial charge is 0.338 e. The Labute approximate surface area is 283 Å². The average Bonchev–Trinajstić information content (AvgIpc) is 3.10. The van der Waals surface area contributed by atoms with Gasteiger partial charge in [-0.2, -0.15) is 0 Å². The summed E-state index contributed by atoms with van der Waals surface area (Å²) < 4.78 is 22.7. The van der Waals surface area contributed by atoms with Gasteiger partial charge in [0.1, 0.15) is 0 Å².